The van der Waals surface area contributed by atoms with Crippen LogP contribution in [-0.2, 0) is 6.42 Å². The molecule has 1 aliphatic carbocycles. The van der Waals surface area contributed by atoms with E-state index in [1.165, 1.54) is 11.1 Å². The summed E-state index contributed by atoms with van der Waals surface area (Å²) in [6, 6.07) is 6.49. The van der Waals surface area contributed by atoms with E-state index in [4.69, 9.17) is 0 Å². The molecule has 0 spiro atoms. The minimum atomic E-state index is -0.333. The molecule has 0 saturated heterocycles. The molecule has 1 aromatic rings. The van der Waals surface area contributed by atoms with Crippen LogP contribution in [0.2, 0.25) is 0 Å². The number of fused-ring (bicyclic) bond motifs is 1. The molecule has 0 fully saturated rings. The maximum absolute atomic E-state index is 9.90. The molecule has 0 radical (unpaired) electrons. The van der Waals surface area contributed by atoms with Crippen LogP contribution in [0.5, 0.6) is 0 Å². The van der Waals surface area contributed by atoms with Gasteiger partial charge in [-0.05, 0) is 31.5 Å². The number of hydrogen-bond acceptors (Lipinski definition) is 2. The highest BCUT2D eigenvalue weighted by atomic mass is 16.3. The number of aliphatic hydroxyl groups is 1. The lowest BCUT2D eigenvalue weighted by Crippen LogP contribution is -2.29. The number of hydrogen-bond donors (Lipinski definition) is 2. The zero-order valence-corrected chi connectivity index (χ0v) is 8.04. The highest BCUT2D eigenvalue weighted by Crippen LogP contribution is 2.31. The van der Waals surface area contributed by atoms with Crippen LogP contribution >= 0.6 is 0 Å². The Kier molecular flexibility index (Phi) is 2.10. The van der Waals surface area contributed by atoms with E-state index in [9.17, 15) is 5.11 Å². The minimum Gasteiger partial charge on any atom is -0.387 e. The zero-order valence-electron chi connectivity index (χ0n) is 8.04. The first kappa shape index (κ1) is 8.73. The van der Waals surface area contributed by atoms with Crippen LogP contribution in [0, 0.1) is 6.92 Å². The molecule has 0 bridgehead atoms. The molecule has 13 heavy (non-hydrogen) atoms. The highest BCUT2D eigenvalue weighted by Gasteiger charge is 2.29. The Morgan fingerprint density at radius 1 is 1.46 bits per heavy atom. The Morgan fingerprint density at radius 2 is 2.23 bits per heavy atom. The van der Waals surface area contributed by atoms with Gasteiger partial charge in [0.05, 0.1) is 6.10 Å². The van der Waals surface area contributed by atoms with E-state index in [1.807, 2.05) is 7.05 Å². The van der Waals surface area contributed by atoms with Gasteiger partial charge in [-0.2, -0.15) is 0 Å². The van der Waals surface area contributed by atoms with Crippen molar-refractivity contribution in [2.45, 2.75) is 25.5 Å². The first-order chi connectivity index (χ1) is 6.22. The van der Waals surface area contributed by atoms with E-state index in [0.29, 0.717) is 0 Å². The fourth-order valence-electron chi connectivity index (χ4n) is 2.00. The molecule has 0 aliphatic heterocycles. The lowest BCUT2D eigenvalue weighted by atomic mass is 10.1. The van der Waals surface area contributed by atoms with Gasteiger partial charge in [0.2, 0.25) is 0 Å². The van der Waals surface area contributed by atoms with Crippen molar-refractivity contribution < 1.29 is 5.11 Å². The van der Waals surface area contributed by atoms with Crippen LogP contribution in [0.15, 0.2) is 18.2 Å². The fraction of sp³-hybridized carbons (Fsp3) is 0.455. The van der Waals surface area contributed by atoms with Crippen LogP contribution in [0.25, 0.3) is 0 Å². The van der Waals surface area contributed by atoms with Gasteiger partial charge in [-0.1, -0.05) is 23.8 Å². The largest absolute Gasteiger partial charge is 0.387 e. The average Bonchev–Trinajstić information content (AvgIpc) is 2.44. The summed E-state index contributed by atoms with van der Waals surface area (Å²) in [5.41, 5.74) is 3.59. The summed E-state index contributed by atoms with van der Waals surface area (Å²) in [7, 11) is 1.90. The Hall–Kier alpha value is -0.860. The second-order valence-corrected chi connectivity index (χ2v) is 3.75. The predicted octanol–water partition coefficient (Wildman–Crippen LogP) is 1.17. The Labute approximate surface area is 78.6 Å². The standard InChI is InChI=1S/C11H15NO/c1-7-3-4-8-6-10(12-2)11(13)9(8)5-7/h3-5,10-13H,6H2,1-2H3. The molecule has 0 aromatic heterocycles. The number of aliphatic hydroxyl groups excluding tert-OH is 1. The number of benzene rings is 1. The smallest absolute Gasteiger partial charge is 0.0948 e. The topological polar surface area (TPSA) is 32.3 Å². The van der Waals surface area contributed by atoms with E-state index in [1.54, 1.807) is 0 Å². The van der Waals surface area contributed by atoms with E-state index >= 15 is 0 Å². The van der Waals surface area contributed by atoms with Crippen molar-refractivity contribution in [3.63, 3.8) is 0 Å². The van der Waals surface area contributed by atoms with Crippen LogP contribution in [0.3, 0.4) is 0 Å². The van der Waals surface area contributed by atoms with Crippen molar-refractivity contribution in [3.05, 3.63) is 34.9 Å². The van der Waals surface area contributed by atoms with Gasteiger partial charge in [-0.15, -0.1) is 0 Å². The summed E-state index contributed by atoms with van der Waals surface area (Å²) in [5, 5.41) is 13.0. The van der Waals surface area contributed by atoms with Gasteiger partial charge < -0.3 is 10.4 Å². The van der Waals surface area contributed by atoms with Gasteiger partial charge in [0, 0.05) is 6.04 Å². The maximum atomic E-state index is 9.90. The van der Waals surface area contributed by atoms with Crippen LogP contribution in [-0.4, -0.2) is 18.2 Å². The Bertz CT molecular complexity index is 322. The van der Waals surface area contributed by atoms with Crippen molar-refractivity contribution in [3.8, 4) is 0 Å². The van der Waals surface area contributed by atoms with Crippen molar-refractivity contribution in [1.82, 2.24) is 5.32 Å². The zero-order chi connectivity index (χ0) is 9.42. The molecular weight excluding hydrogens is 162 g/mol. The van der Waals surface area contributed by atoms with Gasteiger partial charge in [-0.3, -0.25) is 0 Å². The van der Waals surface area contributed by atoms with Gasteiger partial charge in [0.15, 0.2) is 0 Å². The van der Waals surface area contributed by atoms with Crippen LogP contribution in [0.1, 0.15) is 22.8 Å². The van der Waals surface area contributed by atoms with Crippen molar-refractivity contribution in [2.75, 3.05) is 7.05 Å². The molecule has 2 rings (SSSR count). The normalized spacial score (nSPS) is 26.1. The molecule has 1 aliphatic rings. The summed E-state index contributed by atoms with van der Waals surface area (Å²) < 4.78 is 0. The predicted molar refractivity (Wildman–Crippen MR) is 52.7 cm³/mol. The number of likely N-dealkylation sites (N-methyl/N-ethyl adjacent to an activating group) is 1. The third-order valence-corrected chi connectivity index (χ3v) is 2.81. The second-order valence-electron chi connectivity index (χ2n) is 3.75. The summed E-state index contributed by atoms with van der Waals surface area (Å²) in [5.74, 6) is 0. The molecule has 0 heterocycles. The average molecular weight is 177 g/mol. The quantitative estimate of drug-likeness (QED) is 0.675. The summed E-state index contributed by atoms with van der Waals surface area (Å²) >= 11 is 0. The summed E-state index contributed by atoms with van der Waals surface area (Å²) in [6.45, 7) is 2.06. The molecule has 0 amide bonds. The van der Waals surface area contributed by atoms with Crippen molar-refractivity contribution in [2.24, 2.45) is 0 Å². The highest BCUT2D eigenvalue weighted by molar-refractivity contribution is 5.38. The third kappa shape index (κ3) is 1.36. The second kappa shape index (κ2) is 3.13. The molecule has 2 N–H and O–H groups in total. The molecule has 1 aromatic carbocycles. The number of rotatable bonds is 1. The molecule has 2 unspecified atom stereocenters. The van der Waals surface area contributed by atoms with Gasteiger partial charge in [0.25, 0.3) is 0 Å². The SMILES string of the molecule is CNC1Cc2ccc(C)cc2C1O. The first-order valence-electron chi connectivity index (χ1n) is 4.67. The molecule has 2 atom stereocenters. The fourth-order valence-corrected chi connectivity index (χ4v) is 2.00. The number of aryl methyl sites for hydroxylation is 1. The first-order valence-corrected chi connectivity index (χ1v) is 4.67. The Balaban J connectivity index is 2.39. The summed E-state index contributed by atoms with van der Waals surface area (Å²) in [4.78, 5) is 0. The maximum Gasteiger partial charge on any atom is 0.0948 e. The van der Waals surface area contributed by atoms with Gasteiger partial charge >= 0.3 is 0 Å². The molecule has 70 valence electrons. The number of nitrogens with one attached hydrogen (secondary N) is 1. The molecular formula is C11H15NO. The molecule has 2 heteroatoms. The van der Waals surface area contributed by atoms with E-state index < -0.39 is 0 Å². The molecule has 2 nitrogen and oxygen atoms in total. The summed E-state index contributed by atoms with van der Waals surface area (Å²) in [6.07, 6.45) is 0.604. The van der Waals surface area contributed by atoms with Gasteiger partial charge in [-0.25, -0.2) is 0 Å². The minimum absolute atomic E-state index is 0.191. The van der Waals surface area contributed by atoms with E-state index in [0.717, 1.165) is 12.0 Å². The Morgan fingerprint density at radius 3 is 2.92 bits per heavy atom. The van der Waals surface area contributed by atoms with Crippen molar-refractivity contribution >= 4 is 0 Å². The lowest BCUT2D eigenvalue weighted by molar-refractivity contribution is 0.146. The molecule has 0 saturated carbocycles. The monoisotopic (exact) mass is 177 g/mol. The van der Waals surface area contributed by atoms with Crippen LogP contribution in [0.4, 0.5) is 0 Å². The van der Waals surface area contributed by atoms with Crippen molar-refractivity contribution in [1.29, 1.82) is 0 Å². The van der Waals surface area contributed by atoms with Gasteiger partial charge in [0.1, 0.15) is 0 Å². The third-order valence-electron chi connectivity index (χ3n) is 2.81. The lowest BCUT2D eigenvalue weighted by Gasteiger charge is -2.13. The van der Waals surface area contributed by atoms with E-state index in [-0.39, 0.29) is 12.1 Å². The van der Waals surface area contributed by atoms with Crippen LogP contribution < -0.4 is 5.32 Å². The van der Waals surface area contributed by atoms with E-state index in [2.05, 4.69) is 30.4 Å².